The van der Waals surface area contributed by atoms with Crippen molar-refractivity contribution in [2.24, 2.45) is 0 Å². The normalized spacial score (nSPS) is 11.1. The van der Waals surface area contributed by atoms with Gasteiger partial charge in [0.25, 0.3) is 11.8 Å². The van der Waals surface area contributed by atoms with E-state index in [4.69, 9.17) is 14.2 Å². The van der Waals surface area contributed by atoms with Crippen LogP contribution in [0.4, 0.5) is 5.69 Å². The summed E-state index contributed by atoms with van der Waals surface area (Å²) < 4.78 is 16.1. The summed E-state index contributed by atoms with van der Waals surface area (Å²) in [6, 6.07) is 26.2. The lowest BCUT2D eigenvalue weighted by Crippen LogP contribution is -2.30. The van der Waals surface area contributed by atoms with E-state index in [-0.39, 0.29) is 11.5 Å². The fourth-order valence-electron chi connectivity index (χ4n) is 4.23. The van der Waals surface area contributed by atoms with E-state index >= 15 is 0 Å². The van der Waals surface area contributed by atoms with Crippen LogP contribution >= 0.6 is 0 Å². The number of amides is 2. The number of anilines is 1. The van der Waals surface area contributed by atoms with E-state index in [0.717, 1.165) is 11.1 Å². The smallest absolute Gasteiger partial charge is 0.272 e. The second kappa shape index (κ2) is 14.3. The second-order valence-corrected chi connectivity index (χ2v) is 9.42. The van der Waals surface area contributed by atoms with E-state index in [9.17, 15) is 14.4 Å². The number of hydrogen-bond acceptors (Lipinski definition) is 6. The molecule has 0 aliphatic rings. The van der Waals surface area contributed by atoms with Gasteiger partial charge in [0.1, 0.15) is 5.70 Å². The van der Waals surface area contributed by atoms with Gasteiger partial charge in [-0.25, -0.2) is 0 Å². The van der Waals surface area contributed by atoms with Gasteiger partial charge in [0.2, 0.25) is 5.75 Å². The van der Waals surface area contributed by atoms with Crippen LogP contribution in [0.15, 0.2) is 103 Å². The molecule has 2 N–H and O–H groups in total. The number of carbonyl (C=O) groups excluding carboxylic acids is 3. The van der Waals surface area contributed by atoms with Crippen LogP contribution in [-0.4, -0.2) is 38.9 Å². The minimum atomic E-state index is -0.506. The number of ketones is 1. The van der Waals surface area contributed by atoms with Crippen molar-refractivity contribution in [1.29, 1.82) is 0 Å². The van der Waals surface area contributed by atoms with Gasteiger partial charge >= 0.3 is 0 Å². The summed E-state index contributed by atoms with van der Waals surface area (Å²) in [5.41, 5.74) is 3.82. The fraction of sp³-hybridized carbons (Fsp3) is 0.114. The average molecular weight is 577 g/mol. The molecule has 2 amide bonds. The molecule has 0 bridgehead atoms. The Morgan fingerprint density at radius 3 is 1.95 bits per heavy atom. The third-order valence-corrected chi connectivity index (χ3v) is 6.56. The predicted octanol–water partition coefficient (Wildman–Crippen LogP) is 6.33. The highest BCUT2D eigenvalue weighted by atomic mass is 16.5. The Morgan fingerprint density at radius 1 is 0.721 bits per heavy atom. The summed E-state index contributed by atoms with van der Waals surface area (Å²) in [5, 5.41) is 5.54. The number of carbonyl (C=O) groups is 3. The van der Waals surface area contributed by atoms with E-state index in [1.165, 1.54) is 27.4 Å². The molecule has 8 heteroatoms. The van der Waals surface area contributed by atoms with Crippen molar-refractivity contribution in [3.05, 3.63) is 131 Å². The maximum Gasteiger partial charge on any atom is 0.272 e. The third-order valence-electron chi connectivity index (χ3n) is 6.56. The zero-order valence-corrected chi connectivity index (χ0v) is 24.3. The Hall–Kier alpha value is -5.63. The molecule has 0 aliphatic heterocycles. The molecule has 0 saturated heterocycles. The number of nitrogens with one attached hydrogen (secondary N) is 2. The minimum absolute atomic E-state index is 0.0802. The molecule has 0 aliphatic carbocycles. The maximum absolute atomic E-state index is 13.3. The number of rotatable bonds is 11. The van der Waals surface area contributed by atoms with Crippen molar-refractivity contribution < 1.29 is 28.6 Å². The van der Waals surface area contributed by atoms with E-state index in [1.54, 1.807) is 72.8 Å². The lowest BCUT2D eigenvalue weighted by molar-refractivity contribution is -0.113. The first kappa shape index (κ1) is 30.3. The van der Waals surface area contributed by atoms with E-state index in [1.807, 2.05) is 37.3 Å². The van der Waals surface area contributed by atoms with Crippen molar-refractivity contribution in [3.63, 3.8) is 0 Å². The number of allylic oxidation sites excluding steroid dienone is 1. The molecule has 0 saturated carbocycles. The third kappa shape index (κ3) is 7.77. The first-order valence-corrected chi connectivity index (χ1v) is 13.4. The lowest BCUT2D eigenvalue weighted by atomic mass is 10.1. The van der Waals surface area contributed by atoms with Crippen molar-refractivity contribution in [2.75, 3.05) is 26.6 Å². The van der Waals surface area contributed by atoms with Gasteiger partial charge in [-0.05, 0) is 84.3 Å². The van der Waals surface area contributed by atoms with E-state index in [0.29, 0.717) is 39.6 Å². The zero-order valence-electron chi connectivity index (χ0n) is 24.3. The molecule has 0 spiro atoms. The molecule has 0 fully saturated rings. The Balaban J connectivity index is 1.50. The fourth-order valence-corrected chi connectivity index (χ4v) is 4.23. The van der Waals surface area contributed by atoms with Gasteiger partial charge in [-0.2, -0.15) is 0 Å². The van der Waals surface area contributed by atoms with Gasteiger partial charge < -0.3 is 24.8 Å². The van der Waals surface area contributed by atoms with Crippen LogP contribution in [-0.2, 0) is 4.79 Å². The van der Waals surface area contributed by atoms with Gasteiger partial charge in [-0.15, -0.1) is 0 Å². The standard InChI is InChI=1S/C35H32N2O6/c1-23-10-8-9-13-27(23)22-29(37-34(39)26-11-6-5-7-12-26)35(40)36-28-17-15-25(16-18-28)30(38)19-14-24-20-31(41-2)33(43-4)32(21-24)42-3/h5-22H,1-4H3,(H,36,40)(H,37,39)/b19-14+,29-22-. The Labute approximate surface area is 250 Å². The molecule has 0 heterocycles. The highest BCUT2D eigenvalue weighted by Gasteiger charge is 2.16. The van der Waals surface area contributed by atoms with Crippen molar-refractivity contribution >= 4 is 35.4 Å². The number of methoxy groups -OCH3 is 3. The molecule has 4 rings (SSSR count). The number of aryl methyl sites for hydroxylation is 1. The van der Waals surface area contributed by atoms with Crippen LogP contribution in [0.5, 0.6) is 17.2 Å². The summed E-state index contributed by atoms with van der Waals surface area (Å²) in [7, 11) is 4.57. The molecule has 218 valence electrons. The number of benzene rings is 4. The average Bonchev–Trinajstić information content (AvgIpc) is 3.04. The van der Waals surface area contributed by atoms with Crippen LogP contribution in [0.3, 0.4) is 0 Å². The second-order valence-electron chi connectivity index (χ2n) is 9.42. The van der Waals surface area contributed by atoms with Gasteiger partial charge in [-0.1, -0.05) is 48.5 Å². The monoisotopic (exact) mass is 576 g/mol. The number of hydrogen-bond donors (Lipinski definition) is 2. The highest BCUT2D eigenvalue weighted by Crippen LogP contribution is 2.38. The van der Waals surface area contributed by atoms with Crippen molar-refractivity contribution in [3.8, 4) is 17.2 Å². The minimum Gasteiger partial charge on any atom is -0.493 e. The molecule has 0 radical (unpaired) electrons. The van der Waals surface area contributed by atoms with Crippen molar-refractivity contribution in [1.82, 2.24) is 5.32 Å². The Kier molecular flexibility index (Phi) is 10.1. The molecule has 0 unspecified atom stereocenters. The lowest BCUT2D eigenvalue weighted by Gasteiger charge is -2.13. The van der Waals surface area contributed by atoms with E-state index in [2.05, 4.69) is 10.6 Å². The van der Waals surface area contributed by atoms with Crippen LogP contribution in [0.1, 0.15) is 37.4 Å². The maximum atomic E-state index is 13.3. The molecule has 0 atom stereocenters. The Bertz CT molecular complexity index is 1650. The van der Waals surface area contributed by atoms with Gasteiger partial charge in [0.15, 0.2) is 17.3 Å². The van der Waals surface area contributed by atoms with Gasteiger partial charge in [0, 0.05) is 16.8 Å². The molecule has 4 aromatic carbocycles. The van der Waals surface area contributed by atoms with Crippen LogP contribution in [0.25, 0.3) is 12.2 Å². The SMILES string of the molecule is COc1cc(/C=C/C(=O)c2ccc(NC(=O)/C(=C/c3ccccc3C)NC(=O)c3ccccc3)cc2)cc(OC)c1OC. The number of ether oxygens (including phenoxy) is 3. The van der Waals surface area contributed by atoms with Crippen LogP contribution in [0, 0.1) is 6.92 Å². The summed E-state index contributed by atoms with van der Waals surface area (Å²) >= 11 is 0. The summed E-state index contributed by atoms with van der Waals surface area (Å²) in [6.07, 6.45) is 4.73. The molecule has 0 aromatic heterocycles. The Morgan fingerprint density at radius 2 is 1.35 bits per heavy atom. The highest BCUT2D eigenvalue weighted by molar-refractivity contribution is 6.11. The molecule has 8 nitrogen and oxygen atoms in total. The summed E-state index contributed by atoms with van der Waals surface area (Å²) in [6.45, 7) is 1.92. The quantitative estimate of drug-likeness (QED) is 0.160. The largest absolute Gasteiger partial charge is 0.493 e. The van der Waals surface area contributed by atoms with Gasteiger partial charge in [-0.3, -0.25) is 14.4 Å². The van der Waals surface area contributed by atoms with Crippen LogP contribution in [0.2, 0.25) is 0 Å². The van der Waals surface area contributed by atoms with E-state index < -0.39 is 11.8 Å². The summed E-state index contributed by atoms with van der Waals surface area (Å²) in [4.78, 5) is 39.1. The zero-order chi connectivity index (χ0) is 30.8. The van der Waals surface area contributed by atoms with Gasteiger partial charge in [0.05, 0.1) is 21.3 Å². The topological polar surface area (TPSA) is 103 Å². The molecular formula is C35H32N2O6. The summed E-state index contributed by atoms with van der Waals surface area (Å²) in [5.74, 6) is 0.267. The first-order valence-electron chi connectivity index (χ1n) is 13.4. The molecular weight excluding hydrogens is 544 g/mol. The first-order chi connectivity index (χ1) is 20.8. The van der Waals surface area contributed by atoms with Crippen molar-refractivity contribution in [2.45, 2.75) is 6.92 Å². The van der Waals surface area contributed by atoms with Crippen LogP contribution < -0.4 is 24.8 Å². The molecule has 4 aromatic rings. The predicted molar refractivity (Wildman–Crippen MR) is 168 cm³/mol. The molecule has 43 heavy (non-hydrogen) atoms.